The van der Waals surface area contributed by atoms with E-state index in [0.29, 0.717) is 32.0 Å². The minimum Gasteiger partial charge on any atom is -0.353 e. The molecule has 0 bridgehead atoms. The summed E-state index contributed by atoms with van der Waals surface area (Å²) in [6.07, 6.45) is 6.83. The van der Waals surface area contributed by atoms with E-state index in [-0.39, 0.29) is 18.4 Å². The van der Waals surface area contributed by atoms with Gasteiger partial charge in [0.2, 0.25) is 11.8 Å². The molecule has 0 aliphatic heterocycles. The average Bonchev–Trinajstić information content (AvgIpc) is 3.46. The Morgan fingerprint density at radius 1 is 1.14 bits per heavy atom. The van der Waals surface area contributed by atoms with E-state index in [1.807, 2.05) is 65.2 Å². The number of carbonyl (C=O) groups excluding carboxylic acids is 2. The molecule has 148 valence electrons. The minimum absolute atomic E-state index is 0.00767. The molecule has 1 heterocycles. The molecule has 3 rings (SSSR count). The lowest BCUT2D eigenvalue weighted by Crippen LogP contribution is -2.43. The summed E-state index contributed by atoms with van der Waals surface area (Å²) in [5.74, 6) is 0.00493. The van der Waals surface area contributed by atoms with Gasteiger partial charge in [-0.3, -0.25) is 9.59 Å². The van der Waals surface area contributed by atoms with Crippen LogP contribution in [0, 0.1) is 0 Å². The maximum absolute atomic E-state index is 13.0. The summed E-state index contributed by atoms with van der Waals surface area (Å²) in [7, 11) is 1.99. The lowest BCUT2D eigenvalue weighted by atomic mass is 10.1. The van der Waals surface area contributed by atoms with Gasteiger partial charge in [-0.2, -0.15) is 0 Å². The van der Waals surface area contributed by atoms with Gasteiger partial charge < -0.3 is 14.4 Å². The summed E-state index contributed by atoms with van der Waals surface area (Å²) in [4.78, 5) is 29.3. The van der Waals surface area contributed by atoms with Crippen molar-refractivity contribution in [2.24, 2.45) is 7.05 Å². The van der Waals surface area contributed by atoms with Gasteiger partial charge in [-0.15, -0.1) is 6.58 Å². The third kappa shape index (κ3) is 5.35. The maximum Gasteiger partial charge on any atom is 0.242 e. The van der Waals surface area contributed by atoms with Crippen LogP contribution in [0.15, 0.2) is 61.3 Å². The van der Waals surface area contributed by atoms with Crippen molar-refractivity contribution in [3.63, 3.8) is 0 Å². The Labute approximate surface area is 167 Å². The number of hydrogen-bond acceptors (Lipinski definition) is 2. The van der Waals surface area contributed by atoms with E-state index >= 15 is 0 Å². The van der Waals surface area contributed by atoms with Gasteiger partial charge in [0.25, 0.3) is 0 Å². The van der Waals surface area contributed by atoms with Crippen LogP contribution in [0.3, 0.4) is 0 Å². The number of amides is 2. The smallest absolute Gasteiger partial charge is 0.242 e. The second-order valence-electron chi connectivity index (χ2n) is 7.41. The number of rotatable bonds is 10. The summed E-state index contributed by atoms with van der Waals surface area (Å²) in [6.45, 7) is 4.84. The van der Waals surface area contributed by atoms with Gasteiger partial charge in [-0.05, 0) is 37.0 Å². The predicted octanol–water partition coefficient (Wildman–Crippen LogP) is 3.16. The highest BCUT2D eigenvalue weighted by Gasteiger charge is 2.33. The summed E-state index contributed by atoms with van der Waals surface area (Å²) < 4.78 is 2.04. The lowest BCUT2D eigenvalue weighted by molar-refractivity contribution is -0.140. The third-order valence-corrected chi connectivity index (χ3v) is 5.19. The topological polar surface area (TPSA) is 45.6 Å². The molecular formula is C23H29N3O2. The molecule has 1 saturated carbocycles. The monoisotopic (exact) mass is 379 g/mol. The second-order valence-corrected chi connectivity index (χ2v) is 7.41. The molecule has 5 heteroatoms. The fraction of sp³-hybridized carbons (Fsp3) is 0.391. The molecule has 28 heavy (non-hydrogen) atoms. The molecule has 2 amide bonds. The molecule has 0 spiro atoms. The first-order valence-corrected chi connectivity index (χ1v) is 9.90. The largest absolute Gasteiger partial charge is 0.353 e. The second kappa shape index (κ2) is 9.40. The van der Waals surface area contributed by atoms with Crippen molar-refractivity contribution in [1.29, 1.82) is 0 Å². The normalized spacial score (nSPS) is 13.2. The zero-order chi connectivity index (χ0) is 19.9. The van der Waals surface area contributed by atoms with E-state index in [2.05, 4.69) is 6.58 Å². The van der Waals surface area contributed by atoms with Crippen LogP contribution in [-0.2, 0) is 29.6 Å². The first-order chi connectivity index (χ1) is 13.6. The number of carbonyl (C=O) groups is 2. The van der Waals surface area contributed by atoms with Crippen molar-refractivity contribution in [3.8, 4) is 0 Å². The van der Waals surface area contributed by atoms with Crippen LogP contribution in [0.1, 0.15) is 30.5 Å². The van der Waals surface area contributed by atoms with E-state index in [4.69, 9.17) is 0 Å². The van der Waals surface area contributed by atoms with Gasteiger partial charge in [0, 0.05) is 37.9 Å². The summed E-state index contributed by atoms with van der Waals surface area (Å²) >= 11 is 0. The van der Waals surface area contributed by atoms with Crippen molar-refractivity contribution >= 4 is 11.8 Å². The first kappa shape index (κ1) is 19.9. The Kier molecular flexibility index (Phi) is 6.69. The van der Waals surface area contributed by atoms with E-state index in [0.717, 1.165) is 24.1 Å². The predicted molar refractivity (Wildman–Crippen MR) is 111 cm³/mol. The molecule has 1 aliphatic rings. The van der Waals surface area contributed by atoms with Gasteiger partial charge in [0.15, 0.2) is 0 Å². The fourth-order valence-corrected chi connectivity index (χ4v) is 3.36. The van der Waals surface area contributed by atoms with Gasteiger partial charge in [0.05, 0.1) is 6.54 Å². The highest BCUT2D eigenvalue weighted by Crippen LogP contribution is 2.28. The zero-order valence-corrected chi connectivity index (χ0v) is 16.6. The molecule has 2 aromatic rings. The molecule has 1 aromatic carbocycles. The van der Waals surface area contributed by atoms with Gasteiger partial charge in [-0.25, -0.2) is 0 Å². The van der Waals surface area contributed by atoms with Gasteiger partial charge in [0.1, 0.15) is 6.54 Å². The van der Waals surface area contributed by atoms with Crippen LogP contribution in [0.2, 0.25) is 0 Å². The van der Waals surface area contributed by atoms with Crippen molar-refractivity contribution in [1.82, 2.24) is 14.4 Å². The Hall–Kier alpha value is -2.82. The molecule has 0 atom stereocenters. The Bertz CT molecular complexity index is 808. The molecule has 0 unspecified atom stereocenters. The lowest BCUT2D eigenvalue weighted by Gasteiger charge is -2.27. The molecule has 5 nitrogen and oxygen atoms in total. The highest BCUT2D eigenvalue weighted by molar-refractivity contribution is 5.85. The number of benzene rings is 1. The van der Waals surface area contributed by atoms with Crippen LogP contribution in [0.5, 0.6) is 0 Å². The Morgan fingerprint density at radius 3 is 2.50 bits per heavy atom. The quantitative estimate of drug-likeness (QED) is 0.595. The number of nitrogens with zero attached hydrogens (tertiary/aromatic N) is 3. The summed E-state index contributed by atoms with van der Waals surface area (Å²) in [5, 5.41) is 0. The van der Waals surface area contributed by atoms with E-state index in [1.165, 1.54) is 0 Å². The van der Waals surface area contributed by atoms with Crippen LogP contribution < -0.4 is 0 Å². The third-order valence-electron chi connectivity index (χ3n) is 5.19. The van der Waals surface area contributed by atoms with Crippen molar-refractivity contribution in [2.75, 3.05) is 13.1 Å². The number of aromatic nitrogens is 1. The summed E-state index contributed by atoms with van der Waals surface area (Å²) in [5.41, 5.74) is 2.23. The van der Waals surface area contributed by atoms with Gasteiger partial charge in [-0.1, -0.05) is 36.4 Å². The molecule has 0 N–H and O–H groups in total. The SMILES string of the molecule is C=CCN(CC(=O)N(Cc1cccn1C)C1CC1)C(=O)CCc1ccccc1. The molecule has 0 saturated heterocycles. The minimum atomic E-state index is -0.00767. The molecular weight excluding hydrogens is 350 g/mol. The Morgan fingerprint density at radius 2 is 1.89 bits per heavy atom. The molecule has 1 fully saturated rings. The van der Waals surface area contributed by atoms with Gasteiger partial charge >= 0.3 is 0 Å². The van der Waals surface area contributed by atoms with Crippen molar-refractivity contribution in [2.45, 2.75) is 38.3 Å². The fourth-order valence-electron chi connectivity index (χ4n) is 3.36. The Balaban J connectivity index is 1.61. The number of hydrogen-bond donors (Lipinski definition) is 0. The van der Waals surface area contributed by atoms with Crippen LogP contribution in [-0.4, -0.2) is 45.3 Å². The average molecular weight is 380 g/mol. The van der Waals surface area contributed by atoms with E-state index in [9.17, 15) is 9.59 Å². The first-order valence-electron chi connectivity index (χ1n) is 9.90. The van der Waals surface area contributed by atoms with E-state index < -0.39 is 0 Å². The van der Waals surface area contributed by atoms with Crippen molar-refractivity contribution < 1.29 is 9.59 Å². The molecule has 1 aromatic heterocycles. The van der Waals surface area contributed by atoms with Crippen LogP contribution in [0.25, 0.3) is 0 Å². The number of aryl methyl sites for hydroxylation is 2. The molecule has 1 aliphatic carbocycles. The standard InChI is InChI=1S/C23H29N3O2/c1-3-15-25(22(27)14-11-19-8-5-4-6-9-19)18-23(28)26(20-12-13-20)17-21-10-7-16-24(21)2/h3-10,16,20H,1,11-15,17-18H2,2H3. The highest BCUT2D eigenvalue weighted by atomic mass is 16.2. The van der Waals surface area contributed by atoms with Crippen LogP contribution >= 0.6 is 0 Å². The molecule has 0 radical (unpaired) electrons. The zero-order valence-electron chi connectivity index (χ0n) is 16.6. The maximum atomic E-state index is 13.0. The van der Waals surface area contributed by atoms with E-state index in [1.54, 1.807) is 11.0 Å². The van der Waals surface area contributed by atoms with Crippen molar-refractivity contribution in [3.05, 3.63) is 72.6 Å². The summed E-state index contributed by atoms with van der Waals surface area (Å²) in [6, 6.07) is 14.3. The van der Waals surface area contributed by atoms with Crippen LogP contribution in [0.4, 0.5) is 0 Å².